The molecule has 0 unspecified atom stereocenters. The molecule has 4 nitrogen and oxygen atoms in total. The summed E-state index contributed by atoms with van der Waals surface area (Å²) in [6, 6.07) is 4.48. The minimum Gasteiger partial charge on any atom is -0.399 e. The van der Waals surface area contributed by atoms with Crippen molar-refractivity contribution < 1.29 is 18.0 Å². The highest BCUT2D eigenvalue weighted by Gasteiger charge is 2.26. The molecule has 0 radical (unpaired) electrons. The van der Waals surface area contributed by atoms with Crippen molar-refractivity contribution in [2.24, 2.45) is 0 Å². The van der Waals surface area contributed by atoms with Gasteiger partial charge in [0.25, 0.3) is 5.91 Å². The molecule has 0 aromatic heterocycles. The Morgan fingerprint density at radius 2 is 2.00 bits per heavy atom. The fourth-order valence-corrected chi connectivity index (χ4v) is 1.47. The summed E-state index contributed by atoms with van der Waals surface area (Å²) in [4.78, 5) is 13.2. The summed E-state index contributed by atoms with van der Waals surface area (Å²) in [6.45, 7) is -0.305. The van der Waals surface area contributed by atoms with Gasteiger partial charge in [0.15, 0.2) is 0 Å². The zero-order valence-electron chi connectivity index (χ0n) is 10.7. The number of carbonyl (C=O) groups is 1. The quantitative estimate of drug-likeness (QED) is 0.829. The van der Waals surface area contributed by atoms with Gasteiger partial charge in [0.05, 0.1) is 12.0 Å². The van der Waals surface area contributed by atoms with Gasteiger partial charge in [0.2, 0.25) is 0 Å². The number of nitrogens with one attached hydrogen (secondary N) is 1. The summed E-state index contributed by atoms with van der Waals surface area (Å²) in [7, 11) is 3.14. The number of nitrogens with two attached hydrogens (primary N) is 1. The average Bonchev–Trinajstić information content (AvgIpc) is 2.26. The van der Waals surface area contributed by atoms with E-state index in [0.29, 0.717) is 16.9 Å². The highest BCUT2D eigenvalue weighted by atomic mass is 19.4. The lowest BCUT2D eigenvalue weighted by molar-refractivity contribution is -0.131. The summed E-state index contributed by atoms with van der Waals surface area (Å²) in [5, 5.41) is 2.60. The Morgan fingerprint density at radius 3 is 2.53 bits per heavy atom. The zero-order valence-corrected chi connectivity index (χ0v) is 10.7. The van der Waals surface area contributed by atoms with Gasteiger partial charge < -0.3 is 16.0 Å². The van der Waals surface area contributed by atoms with Gasteiger partial charge in [-0.2, -0.15) is 13.2 Å². The second-order valence-electron chi connectivity index (χ2n) is 4.30. The number of amides is 1. The monoisotopic (exact) mass is 275 g/mol. The van der Waals surface area contributed by atoms with Crippen LogP contribution in [0.1, 0.15) is 16.8 Å². The molecular weight excluding hydrogens is 259 g/mol. The highest BCUT2D eigenvalue weighted by Crippen LogP contribution is 2.23. The van der Waals surface area contributed by atoms with Crippen LogP contribution < -0.4 is 11.1 Å². The molecule has 0 aliphatic heterocycles. The van der Waals surface area contributed by atoms with Crippen molar-refractivity contribution in [3.05, 3.63) is 23.8 Å². The largest absolute Gasteiger partial charge is 0.399 e. The van der Waals surface area contributed by atoms with Crippen molar-refractivity contribution in [2.45, 2.75) is 12.6 Å². The van der Waals surface area contributed by atoms with E-state index < -0.39 is 12.6 Å². The van der Waals surface area contributed by atoms with Gasteiger partial charge in [0, 0.05) is 32.0 Å². The maximum Gasteiger partial charge on any atom is 0.390 e. The van der Waals surface area contributed by atoms with Crippen LogP contribution >= 0.6 is 0 Å². The van der Waals surface area contributed by atoms with Gasteiger partial charge in [0.1, 0.15) is 0 Å². The van der Waals surface area contributed by atoms with Crippen molar-refractivity contribution in [1.29, 1.82) is 0 Å². The summed E-state index contributed by atoms with van der Waals surface area (Å²) < 4.78 is 36.3. The van der Waals surface area contributed by atoms with Gasteiger partial charge in [-0.05, 0) is 18.2 Å². The molecule has 3 N–H and O–H groups in total. The number of rotatable bonds is 4. The number of anilines is 2. The van der Waals surface area contributed by atoms with Gasteiger partial charge in [-0.1, -0.05) is 0 Å². The lowest BCUT2D eigenvalue weighted by Gasteiger charge is -2.16. The first-order valence-electron chi connectivity index (χ1n) is 5.62. The van der Waals surface area contributed by atoms with Crippen molar-refractivity contribution in [3.8, 4) is 0 Å². The van der Waals surface area contributed by atoms with E-state index in [1.54, 1.807) is 14.1 Å². The van der Waals surface area contributed by atoms with E-state index in [9.17, 15) is 18.0 Å². The third kappa shape index (κ3) is 4.69. The fraction of sp³-hybridized carbons (Fsp3) is 0.417. The Morgan fingerprint density at radius 1 is 1.37 bits per heavy atom. The normalized spacial score (nSPS) is 11.2. The Kier molecular flexibility index (Phi) is 4.63. The first-order valence-corrected chi connectivity index (χ1v) is 5.62. The lowest BCUT2D eigenvalue weighted by Crippen LogP contribution is -2.23. The summed E-state index contributed by atoms with van der Waals surface area (Å²) in [5.74, 6) is -0.297. The third-order valence-corrected chi connectivity index (χ3v) is 2.40. The Hall–Kier alpha value is -1.92. The van der Waals surface area contributed by atoms with E-state index in [1.165, 1.54) is 23.1 Å². The molecule has 19 heavy (non-hydrogen) atoms. The van der Waals surface area contributed by atoms with E-state index >= 15 is 0 Å². The first-order chi connectivity index (χ1) is 8.70. The molecule has 7 heteroatoms. The van der Waals surface area contributed by atoms with Crippen LogP contribution in [0.3, 0.4) is 0 Å². The van der Waals surface area contributed by atoms with E-state index in [1.807, 2.05) is 0 Å². The third-order valence-electron chi connectivity index (χ3n) is 2.40. The second kappa shape index (κ2) is 5.81. The van der Waals surface area contributed by atoms with Crippen LogP contribution in [0.25, 0.3) is 0 Å². The standard InChI is InChI=1S/C12H16F3N3O/c1-18(2)11(19)9-4-3-8(16)7-10(9)17-6-5-12(13,14)15/h3-4,7,17H,5-6,16H2,1-2H3. The fourth-order valence-electron chi connectivity index (χ4n) is 1.47. The molecule has 1 rings (SSSR count). The number of carbonyl (C=O) groups excluding carboxylic acids is 1. The number of benzene rings is 1. The predicted molar refractivity (Wildman–Crippen MR) is 68.0 cm³/mol. The zero-order chi connectivity index (χ0) is 14.6. The first kappa shape index (κ1) is 15.1. The Bertz CT molecular complexity index is 458. The number of nitrogens with zero attached hydrogens (tertiary/aromatic N) is 1. The minimum atomic E-state index is -4.24. The van der Waals surface area contributed by atoms with Crippen LogP contribution in [0.2, 0.25) is 0 Å². The van der Waals surface area contributed by atoms with Gasteiger partial charge >= 0.3 is 6.18 Å². The smallest absolute Gasteiger partial charge is 0.390 e. The molecule has 0 heterocycles. The van der Waals surface area contributed by atoms with Crippen LogP contribution in [0, 0.1) is 0 Å². The van der Waals surface area contributed by atoms with Crippen molar-refractivity contribution in [3.63, 3.8) is 0 Å². The number of alkyl halides is 3. The van der Waals surface area contributed by atoms with E-state index in [-0.39, 0.29) is 12.5 Å². The molecule has 0 saturated carbocycles. The molecule has 106 valence electrons. The van der Waals surface area contributed by atoms with Gasteiger partial charge in [-0.15, -0.1) is 0 Å². The van der Waals surface area contributed by atoms with Crippen molar-refractivity contribution in [1.82, 2.24) is 4.90 Å². The maximum absolute atomic E-state index is 12.1. The Balaban J connectivity index is 2.86. The highest BCUT2D eigenvalue weighted by molar-refractivity contribution is 5.99. The molecule has 0 fully saturated rings. The van der Waals surface area contributed by atoms with Crippen molar-refractivity contribution in [2.75, 3.05) is 31.7 Å². The molecule has 1 amide bonds. The molecule has 1 aromatic rings. The van der Waals surface area contributed by atoms with Crippen LogP contribution in [0.5, 0.6) is 0 Å². The maximum atomic E-state index is 12.1. The predicted octanol–water partition coefficient (Wildman–Crippen LogP) is 2.33. The van der Waals surface area contributed by atoms with Crippen LogP contribution in [-0.2, 0) is 0 Å². The number of halogens is 3. The molecule has 0 aliphatic rings. The van der Waals surface area contributed by atoms with E-state index in [4.69, 9.17) is 5.73 Å². The number of hydrogen-bond donors (Lipinski definition) is 2. The average molecular weight is 275 g/mol. The Labute approximate surface area is 109 Å². The van der Waals surface area contributed by atoms with E-state index in [0.717, 1.165) is 0 Å². The lowest BCUT2D eigenvalue weighted by atomic mass is 10.1. The summed E-state index contributed by atoms with van der Waals surface area (Å²) in [5.41, 5.74) is 6.55. The molecule has 0 bridgehead atoms. The summed E-state index contributed by atoms with van der Waals surface area (Å²) >= 11 is 0. The molecular formula is C12H16F3N3O. The molecule has 1 aromatic carbocycles. The van der Waals surface area contributed by atoms with Crippen LogP contribution in [0.15, 0.2) is 18.2 Å². The van der Waals surface area contributed by atoms with Crippen molar-refractivity contribution >= 4 is 17.3 Å². The number of nitrogen functional groups attached to an aromatic ring is 1. The second-order valence-corrected chi connectivity index (χ2v) is 4.30. The number of hydrogen-bond acceptors (Lipinski definition) is 3. The summed E-state index contributed by atoms with van der Waals surface area (Å²) in [6.07, 6.45) is -5.21. The van der Waals surface area contributed by atoms with Crippen LogP contribution in [0.4, 0.5) is 24.5 Å². The van der Waals surface area contributed by atoms with Gasteiger partial charge in [-0.25, -0.2) is 0 Å². The van der Waals surface area contributed by atoms with E-state index in [2.05, 4.69) is 5.32 Å². The molecule has 0 saturated heterocycles. The minimum absolute atomic E-state index is 0.293. The SMILES string of the molecule is CN(C)C(=O)c1ccc(N)cc1NCCC(F)(F)F. The molecule has 0 atom stereocenters. The van der Waals surface area contributed by atoms with Crippen LogP contribution in [-0.4, -0.2) is 37.6 Å². The molecule has 0 spiro atoms. The topological polar surface area (TPSA) is 58.4 Å². The molecule has 0 aliphatic carbocycles. The van der Waals surface area contributed by atoms with Gasteiger partial charge in [-0.3, -0.25) is 4.79 Å².